The molecule has 7 heteroatoms. The van der Waals surface area contributed by atoms with Crippen molar-refractivity contribution in [2.24, 2.45) is 5.73 Å². The minimum absolute atomic E-state index is 0. The summed E-state index contributed by atoms with van der Waals surface area (Å²) in [4.78, 5) is 26.3. The second-order valence-corrected chi connectivity index (χ2v) is 6.38. The Morgan fingerprint density at radius 1 is 1.43 bits per heavy atom. The van der Waals surface area contributed by atoms with Gasteiger partial charge in [-0.05, 0) is 44.0 Å². The Balaban J connectivity index is 0.00000264. The Morgan fingerprint density at radius 2 is 2.04 bits per heavy atom. The van der Waals surface area contributed by atoms with Gasteiger partial charge in [-0.3, -0.25) is 9.59 Å². The number of carbonyl (C=O) groups excluding carboxylic acids is 2. The molecule has 0 saturated carbocycles. The Kier molecular flexibility index (Phi) is 6.86. The van der Waals surface area contributed by atoms with Crippen molar-refractivity contribution in [2.75, 3.05) is 11.4 Å². The van der Waals surface area contributed by atoms with Gasteiger partial charge in [0, 0.05) is 17.3 Å². The third-order valence-corrected chi connectivity index (χ3v) is 4.19. The summed E-state index contributed by atoms with van der Waals surface area (Å²) in [6.07, 6.45) is 1.98. The number of nitrogens with one attached hydrogen (secondary N) is 1. The number of benzene rings is 1. The summed E-state index contributed by atoms with van der Waals surface area (Å²) in [6.45, 7) is 4.24. The third-order valence-electron chi connectivity index (χ3n) is 3.94. The van der Waals surface area contributed by atoms with Gasteiger partial charge in [0.2, 0.25) is 11.8 Å². The zero-order valence-electron chi connectivity index (χ0n) is 13.3. The average molecular weight is 360 g/mol. The number of rotatable bonds is 5. The standard InChI is InChI=1S/C16H22ClN3O2.ClH/c1-3-9-16(2,18)15(22)19-13-8-10-20(14(13)21)12-6-4-11(17)5-7-12;/h4-7,13H,3,8-10,18H2,1-2H3,(H,19,22);1H. The average Bonchev–Trinajstić information content (AvgIpc) is 2.81. The van der Waals surface area contributed by atoms with Gasteiger partial charge >= 0.3 is 0 Å². The molecule has 3 N–H and O–H groups in total. The lowest BCUT2D eigenvalue weighted by atomic mass is 9.96. The van der Waals surface area contributed by atoms with E-state index in [-0.39, 0.29) is 24.2 Å². The SMILES string of the molecule is CCCC(C)(N)C(=O)NC1CCN(c2ccc(Cl)cc2)C1=O.Cl. The molecule has 2 rings (SSSR count). The first kappa shape index (κ1) is 19.7. The minimum Gasteiger partial charge on any atom is -0.343 e. The maximum absolute atomic E-state index is 12.4. The highest BCUT2D eigenvalue weighted by Gasteiger charge is 2.37. The molecule has 2 unspecified atom stereocenters. The Morgan fingerprint density at radius 3 is 2.61 bits per heavy atom. The normalized spacial score (nSPS) is 19.9. The molecule has 0 radical (unpaired) electrons. The van der Waals surface area contributed by atoms with Crippen LogP contribution in [0, 0.1) is 0 Å². The third kappa shape index (κ3) is 4.59. The number of carbonyl (C=O) groups is 2. The molecule has 0 bridgehead atoms. The topological polar surface area (TPSA) is 75.4 Å². The van der Waals surface area contributed by atoms with E-state index in [0.29, 0.717) is 24.4 Å². The van der Waals surface area contributed by atoms with Crippen LogP contribution in [0.2, 0.25) is 5.02 Å². The molecule has 0 aromatic heterocycles. The van der Waals surface area contributed by atoms with Crippen molar-refractivity contribution < 1.29 is 9.59 Å². The van der Waals surface area contributed by atoms with Crippen LogP contribution in [-0.2, 0) is 9.59 Å². The second kappa shape index (κ2) is 7.99. The number of nitrogens with two attached hydrogens (primary N) is 1. The largest absolute Gasteiger partial charge is 0.343 e. The van der Waals surface area contributed by atoms with Gasteiger partial charge in [0.25, 0.3) is 0 Å². The zero-order chi connectivity index (χ0) is 16.3. The summed E-state index contributed by atoms with van der Waals surface area (Å²) in [7, 11) is 0. The number of nitrogens with zero attached hydrogens (tertiary/aromatic N) is 1. The monoisotopic (exact) mass is 359 g/mol. The molecule has 1 fully saturated rings. The molecule has 0 aliphatic carbocycles. The second-order valence-electron chi connectivity index (χ2n) is 5.95. The quantitative estimate of drug-likeness (QED) is 0.847. The summed E-state index contributed by atoms with van der Waals surface area (Å²) in [6, 6.07) is 6.58. The van der Waals surface area contributed by atoms with Crippen LogP contribution in [0.4, 0.5) is 5.69 Å². The zero-order valence-corrected chi connectivity index (χ0v) is 14.9. The highest BCUT2D eigenvalue weighted by atomic mass is 35.5. The molecule has 1 aromatic rings. The maximum atomic E-state index is 12.4. The maximum Gasteiger partial charge on any atom is 0.249 e. The van der Waals surface area contributed by atoms with E-state index in [1.54, 1.807) is 36.1 Å². The first-order valence-electron chi connectivity index (χ1n) is 7.52. The van der Waals surface area contributed by atoms with Crippen molar-refractivity contribution in [2.45, 2.75) is 44.7 Å². The van der Waals surface area contributed by atoms with E-state index in [2.05, 4.69) is 5.32 Å². The van der Waals surface area contributed by atoms with Crippen molar-refractivity contribution in [1.29, 1.82) is 0 Å². The van der Waals surface area contributed by atoms with Gasteiger partial charge in [-0.1, -0.05) is 24.9 Å². The van der Waals surface area contributed by atoms with Crippen LogP contribution in [0.5, 0.6) is 0 Å². The van der Waals surface area contributed by atoms with E-state index in [1.165, 1.54) is 0 Å². The fourth-order valence-electron chi connectivity index (χ4n) is 2.65. The summed E-state index contributed by atoms with van der Waals surface area (Å²) in [5.41, 5.74) is 5.85. The molecule has 1 aliphatic rings. The molecule has 2 amide bonds. The lowest BCUT2D eigenvalue weighted by Crippen LogP contribution is -2.55. The van der Waals surface area contributed by atoms with Crippen molar-refractivity contribution in [3.05, 3.63) is 29.3 Å². The van der Waals surface area contributed by atoms with Crippen molar-refractivity contribution >= 4 is 41.5 Å². The molecule has 1 aromatic carbocycles. The van der Waals surface area contributed by atoms with E-state index in [9.17, 15) is 9.59 Å². The molecule has 5 nitrogen and oxygen atoms in total. The molecule has 0 spiro atoms. The molecule has 1 heterocycles. The summed E-state index contributed by atoms with van der Waals surface area (Å²) >= 11 is 5.86. The smallest absolute Gasteiger partial charge is 0.249 e. The molecule has 23 heavy (non-hydrogen) atoms. The van der Waals surface area contributed by atoms with Crippen LogP contribution in [0.3, 0.4) is 0 Å². The fourth-order valence-corrected chi connectivity index (χ4v) is 2.77. The fraction of sp³-hybridized carbons (Fsp3) is 0.500. The Labute approximate surface area is 148 Å². The van der Waals surface area contributed by atoms with Crippen LogP contribution < -0.4 is 16.0 Å². The summed E-state index contributed by atoms with van der Waals surface area (Å²) < 4.78 is 0. The Bertz CT molecular complexity index is 561. The number of amides is 2. The van der Waals surface area contributed by atoms with Gasteiger partial charge in [-0.2, -0.15) is 0 Å². The van der Waals surface area contributed by atoms with Crippen molar-refractivity contribution in [1.82, 2.24) is 5.32 Å². The minimum atomic E-state index is -0.942. The van der Waals surface area contributed by atoms with Crippen LogP contribution in [0.15, 0.2) is 24.3 Å². The lowest BCUT2D eigenvalue weighted by molar-refractivity contribution is -0.130. The van der Waals surface area contributed by atoms with E-state index in [0.717, 1.165) is 12.1 Å². The summed E-state index contributed by atoms with van der Waals surface area (Å²) in [5, 5.41) is 3.41. The molecule has 2 atom stereocenters. The van der Waals surface area contributed by atoms with E-state index in [4.69, 9.17) is 17.3 Å². The number of hydrogen-bond donors (Lipinski definition) is 2. The van der Waals surface area contributed by atoms with Gasteiger partial charge in [0.05, 0.1) is 5.54 Å². The molecule has 1 aliphatic heterocycles. The van der Waals surface area contributed by atoms with E-state index in [1.807, 2.05) is 6.92 Å². The highest BCUT2D eigenvalue weighted by Crippen LogP contribution is 2.23. The molecular formula is C16H23Cl2N3O2. The van der Waals surface area contributed by atoms with E-state index < -0.39 is 11.6 Å². The number of halogens is 2. The molecular weight excluding hydrogens is 337 g/mol. The van der Waals surface area contributed by atoms with Gasteiger partial charge in [-0.25, -0.2) is 0 Å². The van der Waals surface area contributed by atoms with Crippen LogP contribution in [-0.4, -0.2) is 29.9 Å². The van der Waals surface area contributed by atoms with Gasteiger partial charge in [0.1, 0.15) is 6.04 Å². The summed E-state index contributed by atoms with van der Waals surface area (Å²) in [5.74, 6) is -0.381. The Hall–Kier alpha value is -1.30. The van der Waals surface area contributed by atoms with Crippen molar-refractivity contribution in [3.63, 3.8) is 0 Å². The first-order chi connectivity index (χ1) is 10.3. The van der Waals surface area contributed by atoms with Crippen LogP contribution >= 0.6 is 24.0 Å². The van der Waals surface area contributed by atoms with Crippen molar-refractivity contribution in [3.8, 4) is 0 Å². The predicted octanol–water partition coefficient (Wildman–Crippen LogP) is 2.50. The molecule has 1 saturated heterocycles. The highest BCUT2D eigenvalue weighted by molar-refractivity contribution is 6.30. The number of hydrogen-bond acceptors (Lipinski definition) is 3. The van der Waals surface area contributed by atoms with Gasteiger partial charge in [0.15, 0.2) is 0 Å². The van der Waals surface area contributed by atoms with E-state index >= 15 is 0 Å². The van der Waals surface area contributed by atoms with Crippen LogP contribution in [0.1, 0.15) is 33.1 Å². The first-order valence-corrected chi connectivity index (χ1v) is 7.89. The lowest BCUT2D eigenvalue weighted by Gasteiger charge is -2.25. The predicted molar refractivity (Wildman–Crippen MR) is 95.1 cm³/mol. The van der Waals surface area contributed by atoms with Gasteiger partial charge in [-0.15, -0.1) is 12.4 Å². The molecule has 128 valence electrons. The van der Waals surface area contributed by atoms with Crippen LogP contribution in [0.25, 0.3) is 0 Å². The number of anilines is 1. The van der Waals surface area contributed by atoms with Gasteiger partial charge < -0.3 is 16.0 Å².